The maximum atomic E-state index is 12.4. The molecule has 0 saturated heterocycles. The van der Waals surface area contributed by atoms with Crippen LogP contribution in [-0.2, 0) is 14.3 Å². The van der Waals surface area contributed by atoms with Crippen molar-refractivity contribution in [3.05, 3.63) is 55.6 Å². The fourth-order valence-corrected chi connectivity index (χ4v) is 6.01. The molecule has 0 radical (unpaired) electrons. The molecule has 0 amide bonds. The van der Waals surface area contributed by atoms with E-state index in [9.17, 15) is 9.59 Å². The quantitative estimate of drug-likeness (QED) is 0.189. The highest BCUT2D eigenvalue weighted by atomic mass is 127. The van der Waals surface area contributed by atoms with Gasteiger partial charge in [0.25, 0.3) is 0 Å². The van der Waals surface area contributed by atoms with Crippen LogP contribution in [0.4, 0.5) is 0 Å². The van der Waals surface area contributed by atoms with Crippen molar-refractivity contribution in [2.45, 2.75) is 6.92 Å². The van der Waals surface area contributed by atoms with Crippen LogP contribution in [-0.4, -0.2) is 16.0 Å². The molecule has 0 bridgehead atoms. The molecule has 0 saturated carbocycles. The van der Waals surface area contributed by atoms with Crippen molar-refractivity contribution in [2.75, 3.05) is 0 Å². The zero-order valence-electron chi connectivity index (χ0n) is 12.9. The third kappa shape index (κ3) is 4.78. The molecule has 4 nitrogen and oxygen atoms in total. The van der Waals surface area contributed by atoms with E-state index >= 15 is 0 Å². The minimum Gasteiger partial charge on any atom is -0.426 e. The van der Waals surface area contributed by atoms with Gasteiger partial charge in [-0.25, -0.2) is 4.79 Å². The van der Waals surface area contributed by atoms with Gasteiger partial charge in [0.2, 0.25) is 0 Å². The number of allylic oxidation sites excluding steroid dienone is 1. The van der Waals surface area contributed by atoms with Crippen LogP contribution in [0.15, 0.2) is 51.8 Å². The lowest BCUT2D eigenvalue weighted by Crippen LogP contribution is -2.16. The fourth-order valence-electron chi connectivity index (χ4n) is 1.95. The lowest BCUT2D eigenvalue weighted by Gasteiger charge is -2.11. The van der Waals surface area contributed by atoms with Crippen LogP contribution in [0.25, 0.3) is 10.4 Å². The largest absolute Gasteiger partial charge is 0.426 e. The number of carbonyl (C=O) groups is 2. The van der Waals surface area contributed by atoms with Gasteiger partial charge in [0.05, 0.1) is 0 Å². The van der Waals surface area contributed by atoms with E-state index in [1.807, 2.05) is 22.3 Å². The number of ether oxygens (including phenoxy) is 2. The second-order valence-corrected chi connectivity index (χ2v) is 9.78. The van der Waals surface area contributed by atoms with Gasteiger partial charge >= 0.3 is 11.9 Å². The summed E-state index contributed by atoms with van der Waals surface area (Å²) in [5.74, 6) is -0.332. The van der Waals surface area contributed by atoms with Crippen molar-refractivity contribution >= 4 is 69.6 Å². The van der Waals surface area contributed by atoms with Gasteiger partial charge in [-0.3, -0.25) is 4.79 Å². The Morgan fingerprint density at radius 1 is 1.12 bits per heavy atom. The van der Waals surface area contributed by atoms with Crippen molar-refractivity contribution in [3.8, 4) is 16.2 Å². The smallest absolute Gasteiger partial charge is 0.347 e. The lowest BCUT2D eigenvalue weighted by molar-refractivity contribution is -0.136. The Bertz CT molecular complexity index is 964. The van der Waals surface area contributed by atoms with Gasteiger partial charge in [-0.1, -0.05) is 53.6 Å². The summed E-state index contributed by atoms with van der Waals surface area (Å²) in [4.78, 5) is 24.6. The average Bonchev–Trinajstić information content (AvgIpc) is 3.02. The highest BCUT2D eigenvalue weighted by Crippen LogP contribution is 2.30. The predicted molar refractivity (Wildman–Crippen MR) is 112 cm³/mol. The molecule has 0 aliphatic carbocycles. The van der Waals surface area contributed by atoms with E-state index in [0.29, 0.717) is 11.3 Å². The first-order chi connectivity index (χ1) is 12.0. The molecule has 25 heavy (non-hydrogen) atoms. The van der Waals surface area contributed by atoms with E-state index in [-0.39, 0.29) is 26.5 Å². The summed E-state index contributed by atoms with van der Waals surface area (Å²) in [6.45, 7) is 1.30. The summed E-state index contributed by atoms with van der Waals surface area (Å²) >= 11 is 4.76. The van der Waals surface area contributed by atoms with Gasteiger partial charge < -0.3 is 9.47 Å². The van der Waals surface area contributed by atoms with Crippen LogP contribution >= 0.6 is 53.6 Å². The first kappa shape index (κ1) is 18.3. The van der Waals surface area contributed by atoms with Crippen molar-refractivity contribution in [1.29, 1.82) is 0 Å². The van der Waals surface area contributed by atoms with E-state index < -0.39 is 11.9 Å². The molecule has 2 aromatic rings. The minimum absolute atomic E-state index is 0.234. The number of carbonyl (C=O) groups excluding carboxylic acids is 2. The maximum Gasteiger partial charge on any atom is 0.347 e. The SMILES string of the molecule is CC(=O)OC1=C(C(=O)Oc2ccc(-c3cc(=S)ss3)cc2)C=IC=C1. The van der Waals surface area contributed by atoms with E-state index in [2.05, 4.69) is 0 Å². The van der Waals surface area contributed by atoms with Crippen LogP contribution in [0.2, 0.25) is 0 Å². The Morgan fingerprint density at radius 2 is 1.88 bits per heavy atom. The molecule has 1 aliphatic heterocycles. The van der Waals surface area contributed by atoms with E-state index in [1.54, 1.807) is 42.9 Å². The molecule has 0 atom stereocenters. The molecule has 1 aromatic heterocycles. The monoisotopic (exact) mass is 502 g/mol. The van der Waals surface area contributed by atoms with Gasteiger partial charge in [-0.2, -0.15) is 0 Å². The Balaban J connectivity index is 1.77. The molecular weight excluding hydrogens is 491 g/mol. The van der Waals surface area contributed by atoms with Gasteiger partial charge in [0, 0.05) is 11.8 Å². The van der Waals surface area contributed by atoms with E-state index in [0.717, 1.165) is 14.3 Å². The van der Waals surface area contributed by atoms with Gasteiger partial charge in [-0.05, 0) is 50.1 Å². The summed E-state index contributed by atoms with van der Waals surface area (Å²) in [6.07, 6.45) is 1.65. The molecule has 0 fully saturated rings. The molecular formula is C17H11IO4S3. The molecule has 8 heteroatoms. The highest BCUT2D eigenvalue weighted by Gasteiger charge is 2.18. The zero-order valence-corrected chi connectivity index (χ0v) is 17.5. The Morgan fingerprint density at radius 3 is 2.52 bits per heavy atom. The standard InChI is InChI=1S/C17H11IO4S3/c1-10(19)21-14-6-7-18-9-13(14)17(20)22-12-4-2-11(3-5-12)15-8-16(23)25-24-15/h2-9H,1H3. The summed E-state index contributed by atoms with van der Waals surface area (Å²) in [6, 6.07) is 9.19. The number of halogens is 1. The van der Waals surface area contributed by atoms with Crippen LogP contribution in [0.5, 0.6) is 5.75 Å². The van der Waals surface area contributed by atoms with Crippen LogP contribution in [0.3, 0.4) is 0 Å². The normalized spacial score (nSPS) is 13.3. The first-order valence-electron chi connectivity index (χ1n) is 7.00. The summed E-state index contributed by atoms with van der Waals surface area (Å²) in [5.41, 5.74) is 1.32. The number of hydrogen-bond donors (Lipinski definition) is 0. The zero-order chi connectivity index (χ0) is 17.8. The number of rotatable bonds is 4. The summed E-state index contributed by atoms with van der Waals surface area (Å²) in [7, 11) is 3.17. The first-order valence-corrected chi connectivity index (χ1v) is 12.0. The Labute approximate surface area is 166 Å². The third-order valence-electron chi connectivity index (χ3n) is 3.01. The number of hydrogen-bond acceptors (Lipinski definition) is 7. The second-order valence-electron chi connectivity index (χ2n) is 4.81. The van der Waals surface area contributed by atoms with E-state index in [1.165, 1.54) is 6.92 Å². The summed E-state index contributed by atoms with van der Waals surface area (Å²) < 4.78 is 15.0. The topological polar surface area (TPSA) is 52.6 Å². The van der Waals surface area contributed by atoms with Crippen LogP contribution < -0.4 is 4.74 Å². The number of esters is 2. The van der Waals surface area contributed by atoms with Crippen molar-refractivity contribution in [3.63, 3.8) is 0 Å². The van der Waals surface area contributed by atoms with E-state index in [4.69, 9.17) is 21.7 Å². The minimum atomic E-state index is -0.528. The molecule has 1 aliphatic rings. The molecule has 0 unspecified atom stereocenters. The molecule has 2 heterocycles. The van der Waals surface area contributed by atoms with Crippen molar-refractivity contribution in [1.82, 2.24) is 0 Å². The van der Waals surface area contributed by atoms with Crippen LogP contribution in [0, 0.1) is 3.82 Å². The number of benzene rings is 1. The third-order valence-corrected chi connectivity index (χ3v) is 7.68. The molecule has 1 aromatic carbocycles. The molecule has 0 spiro atoms. The summed E-state index contributed by atoms with van der Waals surface area (Å²) in [5, 5.41) is 0. The highest BCUT2D eigenvalue weighted by molar-refractivity contribution is 14.2. The van der Waals surface area contributed by atoms with Crippen molar-refractivity contribution in [2.24, 2.45) is 0 Å². The second kappa shape index (κ2) is 8.26. The van der Waals surface area contributed by atoms with Gasteiger partial charge in [-0.15, -0.1) is 0 Å². The fraction of sp³-hybridized carbons (Fsp3) is 0.0588. The molecule has 0 N–H and O–H groups in total. The van der Waals surface area contributed by atoms with Crippen molar-refractivity contribution < 1.29 is 19.1 Å². The van der Waals surface area contributed by atoms with Crippen LogP contribution in [0.1, 0.15) is 6.92 Å². The predicted octanol–water partition coefficient (Wildman–Crippen LogP) is 5.23. The molecule has 128 valence electrons. The Hall–Kier alpha value is -1.49. The average molecular weight is 502 g/mol. The van der Waals surface area contributed by atoms with Gasteiger partial charge in [0.1, 0.15) is 20.9 Å². The maximum absolute atomic E-state index is 12.4. The Kier molecular flexibility index (Phi) is 6.05. The van der Waals surface area contributed by atoms with Gasteiger partial charge in [0.15, 0.2) is 0 Å². The lowest BCUT2D eigenvalue weighted by atomic mass is 10.2. The molecule has 3 rings (SSSR count).